The molecule has 0 saturated carbocycles. The van der Waals surface area contributed by atoms with Crippen LogP contribution in [0, 0.1) is 0 Å². The van der Waals surface area contributed by atoms with E-state index in [1.54, 1.807) is 6.26 Å². The monoisotopic (exact) mass is 492 g/mol. The largest absolute Gasteiger partial charge is 0.480 e. The Morgan fingerprint density at radius 1 is 0.879 bits per heavy atom. The quantitative estimate of drug-likeness (QED) is 0.0901. The zero-order chi connectivity index (χ0) is 25.4. The zero-order valence-electron chi connectivity index (χ0n) is 18.7. The first-order chi connectivity index (χ1) is 15.6. The standard InChI is InChI=1S/C19H36N6O7S/c1-33-9-7-13(23-16(28)11(21)10-26)18(30)24-12(5-6-15(22)27)17(29)25-14(19(31)32)4-2-3-8-20/h11-14,26H,2-10,20-21H2,1H3,(H2,22,27)(H,23,28)(H,24,30)(H,25,29)(H,31,32). The number of hydrogen-bond acceptors (Lipinski definition) is 9. The van der Waals surface area contributed by atoms with Crippen LogP contribution >= 0.6 is 11.8 Å². The van der Waals surface area contributed by atoms with Crippen LogP contribution in [0.4, 0.5) is 0 Å². The highest BCUT2D eigenvalue weighted by atomic mass is 32.2. The van der Waals surface area contributed by atoms with Crippen molar-refractivity contribution in [3.8, 4) is 0 Å². The third kappa shape index (κ3) is 13.0. The van der Waals surface area contributed by atoms with Gasteiger partial charge in [0.25, 0.3) is 0 Å². The van der Waals surface area contributed by atoms with Crippen LogP contribution in [0.1, 0.15) is 38.5 Å². The number of amides is 4. The molecule has 0 heterocycles. The van der Waals surface area contributed by atoms with E-state index in [1.165, 1.54) is 11.8 Å². The third-order valence-corrected chi connectivity index (χ3v) is 5.29. The van der Waals surface area contributed by atoms with Crippen LogP contribution in [0.3, 0.4) is 0 Å². The summed E-state index contributed by atoms with van der Waals surface area (Å²) in [6.07, 6.45) is 2.80. The maximum absolute atomic E-state index is 12.8. The maximum atomic E-state index is 12.8. The van der Waals surface area contributed by atoms with Gasteiger partial charge in [-0.2, -0.15) is 11.8 Å². The highest BCUT2D eigenvalue weighted by Crippen LogP contribution is 2.06. The van der Waals surface area contributed by atoms with E-state index in [9.17, 15) is 29.1 Å². The number of nitrogens with one attached hydrogen (secondary N) is 3. The van der Waals surface area contributed by atoms with Crippen LogP contribution in [0.2, 0.25) is 0 Å². The Morgan fingerprint density at radius 2 is 1.42 bits per heavy atom. The summed E-state index contributed by atoms with van der Waals surface area (Å²) in [7, 11) is 0. The van der Waals surface area contributed by atoms with Gasteiger partial charge >= 0.3 is 5.97 Å². The third-order valence-electron chi connectivity index (χ3n) is 4.65. The number of hydrogen-bond donors (Lipinski definition) is 8. The molecule has 0 aliphatic carbocycles. The summed E-state index contributed by atoms with van der Waals surface area (Å²) in [5.41, 5.74) is 16.0. The summed E-state index contributed by atoms with van der Waals surface area (Å²) >= 11 is 1.42. The number of thioether (sulfide) groups is 1. The number of aliphatic hydroxyl groups is 1. The van der Waals surface area contributed by atoms with Crippen molar-refractivity contribution in [2.24, 2.45) is 17.2 Å². The SMILES string of the molecule is CSCCC(NC(=O)C(N)CO)C(=O)NC(CCC(N)=O)C(=O)NC(CCCCN)C(=O)O. The van der Waals surface area contributed by atoms with Crippen molar-refractivity contribution >= 4 is 41.4 Å². The summed E-state index contributed by atoms with van der Waals surface area (Å²) in [4.78, 5) is 60.3. The number of primary amides is 1. The first-order valence-corrected chi connectivity index (χ1v) is 11.9. The van der Waals surface area contributed by atoms with Crippen LogP contribution in [0.25, 0.3) is 0 Å². The van der Waals surface area contributed by atoms with Gasteiger partial charge in [0.1, 0.15) is 24.2 Å². The van der Waals surface area contributed by atoms with Gasteiger partial charge < -0.3 is 43.4 Å². The Bertz CT molecular complexity index is 667. The minimum atomic E-state index is -1.26. The van der Waals surface area contributed by atoms with E-state index >= 15 is 0 Å². The van der Waals surface area contributed by atoms with Crippen molar-refractivity contribution in [1.29, 1.82) is 0 Å². The van der Waals surface area contributed by atoms with Crippen molar-refractivity contribution in [2.45, 2.75) is 62.7 Å². The van der Waals surface area contributed by atoms with Crippen LogP contribution in [-0.2, 0) is 24.0 Å². The number of aliphatic carboxylic acids is 1. The molecule has 0 bridgehead atoms. The molecular weight excluding hydrogens is 456 g/mol. The molecule has 13 nitrogen and oxygen atoms in total. The van der Waals surface area contributed by atoms with E-state index in [1.807, 2.05) is 0 Å². The van der Waals surface area contributed by atoms with Gasteiger partial charge in [-0.1, -0.05) is 0 Å². The van der Waals surface area contributed by atoms with E-state index < -0.39 is 60.4 Å². The Kier molecular flexibility index (Phi) is 15.9. The molecule has 0 spiro atoms. The van der Waals surface area contributed by atoms with Gasteiger partial charge in [-0.25, -0.2) is 4.79 Å². The molecular formula is C19H36N6O7S. The highest BCUT2D eigenvalue weighted by molar-refractivity contribution is 7.98. The number of carboxylic acid groups (broad SMARTS) is 1. The predicted octanol–water partition coefficient (Wildman–Crippen LogP) is -3.01. The fraction of sp³-hybridized carbons (Fsp3) is 0.737. The molecule has 33 heavy (non-hydrogen) atoms. The van der Waals surface area contributed by atoms with E-state index in [0.717, 1.165) is 0 Å². The molecule has 190 valence electrons. The fourth-order valence-corrected chi connectivity index (χ4v) is 3.19. The van der Waals surface area contributed by atoms with Crippen molar-refractivity contribution in [3.63, 3.8) is 0 Å². The van der Waals surface area contributed by atoms with Gasteiger partial charge in [0.05, 0.1) is 6.61 Å². The number of carbonyl (C=O) groups is 5. The normalized spacial score (nSPS) is 14.4. The minimum absolute atomic E-state index is 0.139. The number of nitrogens with two attached hydrogens (primary N) is 3. The lowest BCUT2D eigenvalue weighted by Gasteiger charge is -2.25. The molecule has 0 aromatic carbocycles. The van der Waals surface area contributed by atoms with E-state index in [0.29, 0.717) is 25.1 Å². The van der Waals surface area contributed by atoms with Crippen LogP contribution in [0.15, 0.2) is 0 Å². The van der Waals surface area contributed by atoms with Crippen LogP contribution < -0.4 is 33.2 Å². The van der Waals surface area contributed by atoms with E-state index in [2.05, 4.69) is 16.0 Å². The Morgan fingerprint density at radius 3 is 1.91 bits per heavy atom. The second kappa shape index (κ2) is 17.1. The van der Waals surface area contributed by atoms with E-state index in [4.69, 9.17) is 22.3 Å². The fourth-order valence-electron chi connectivity index (χ4n) is 2.72. The molecule has 0 saturated heterocycles. The number of unbranched alkanes of at least 4 members (excludes halogenated alkanes) is 1. The van der Waals surface area contributed by atoms with Gasteiger partial charge in [0.15, 0.2) is 0 Å². The lowest BCUT2D eigenvalue weighted by molar-refractivity contribution is -0.142. The lowest BCUT2D eigenvalue weighted by Crippen LogP contribution is -2.57. The molecule has 14 heteroatoms. The van der Waals surface area contributed by atoms with Crippen molar-refractivity contribution in [1.82, 2.24) is 16.0 Å². The minimum Gasteiger partial charge on any atom is -0.480 e. The van der Waals surface area contributed by atoms with Crippen LogP contribution in [-0.4, -0.2) is 89.1 Å². The Hall–Kier alpha value is -2.42. The summed E-state index contributed by atoms with van der Waals surface area (Å²) in [6, 6.07) is -4.76. The average Bonchev–Trinajstić information content (AvgIpc) is 2.77. The number of rotatable bonds is 18. The molecule has 4 unspecified atom stereocenters. The number of aliphatic hydroxyl groups excluding tert-OH is 1. The molecule has 0 fully saturated rings. The first-order valence-electron chi connectivity index (χ1n) is 10.5. The summed E-state index contributed by atoms with van der Waals surface area (Å²) in [5, 5.41) is 25.7. The molecule has 0 radical (unpaired) electrons. The summed E-state index contributed by atoms with van der Waals surface area (Å²) in [6.45, 7) is -0.242. The number of carboxylic acids is 1. The van der Waals surface area contributed by atoms with Gasteiger partial charge in [0.2, 0.25) is 23.6 Å². The van der Waals surface area contributed by atoms with Gasteiger partial charge in [0, 0.05) is 6.42 Å². The second-order valence-electron chi connectivity index (χ2n) is 7.38. The van der Waals surface area contributed by atoms with Crippen LogP contribution in [0.5, 0.6) is 0 Å². The molecule has 0 rings (SSSR count). The van der Waals surface area contributed by atoms with Gasteiger partial charge in [-0.3, -0.25) is 19.2 Å². The predicted molar refractivity (Wildman–Crippen MR) is 123 cm³/mol. The smallest absolute Gasteiger partial charge is 0.326 e. The summed E-state index contributed by atoms with van der Waals surface area (Å²) < 4.78 is 0. The first kappa shape index (κ1) is 30.6. The topological polar surface area (TPSA) is 240 Å². The Balaban J connectivity index is 5.43. The lowest BCUT2D eigenvalue weighted by atomic mass is 10.1. The highest BCUT2D eigenvalue weighted by Gasteiger charge is 2.30. The molecule has 4 amide bonds. The van der Waals surface area contributed by atoms with Gasteiger partial charge in [-0.05, 0) is 50.7 Å². The van der Waals surface area contributed by atoms with Crippen molar-refractivity contribution in [3.05, 3.63) is 0 Å². The number of carbonyl (C=O) groups excluding carboxylic acids is 4. The molecule has 0 aromatic heterocycles. The zero-order valence-corrected chi connectivity index (χ0v) is 19.6. The summed E-state index contributed by atoms with van der Waals surface area (Å²) in [5.74, 6) is -3.73. The molecule has 0 aliphatic heterocycles. The van der Waals surface area contributed by atoms with Crippen molar-refractivity contribution in [2.75, 3.05) is 25.2 Å². The molecule has 11 N–H and O–H groups in total. The average molecular weight is 493 g/mol. The molecule has 4 atom stereocenters. The van der Waals surface area contributed by atoms with Gasteiger partial charge in [-0.15, -0.1) is 0 Å². The van der Waals surface area contributed by atoms with E-state index in [-0.39, 0.29) is 25.7 Å². The maximum Gasteiger partial charge on any atom is 0.326 e. The molecule has 0 aromatic rings. The van der Waals surface area contributed by atoms with Crippen molar-refractivity contribution < 1.29 is 34.2 Å². The second-order valence-corrected chi connectivity index (χ2v) is 8.37. The Labute approximate surface area is 196 Å². The molecule has 0 aliphatic rings.